The van der Waals surface area contributed by atoms with Crippen molar-refractivity contribution in [2.75, 3.05) is 6.54 Å². The molecule has 0 spiro atoms. The second kappa shape index (κ2) is 5.16. The number of nitrogens with zero attached hydrogens (tertiary/aromatic N) is 4. The minimum Gasteiger partial charge on any atom is -0.310 e. The summed E-state index contributed by atoms with van der Waals surface area (Å²) in [5, 5.41) is 8.63. The van der Waals surface area contributed by atoms with Gasteiger partial charge in [-0.3, -0.25) is 4.98 Å². The molecule has 96 valence electrons. The molecule has 0 fully saturated rings. The van der Waals surface area contributed by atoms with Crippen LogP contribution >= 0.6 is 0 Å². The summed E-state index contributed by atoms with van der Waals surface area (Å²) in [6.45, 7) is 3.67. The Morgan fingerprint density at radius 1 is 1.21 bits per heavy atom. The number of para-hydroxylation sites is 1. The van der Waals surface area contributed by atoms with Gasteiger partial charge in [-0.05, 0) is 18.7 Å². The van der Waals surface area contributed by atoms with Gasteiger partial charge in [0.1, 0.15) is 12.2 Å². The fourth-order valence-corrected chi connectivity index (χ4v) is 2.01. The molecule has 0 saturated heterocycles. The molecule has 0 saturated carbocycles. The molecule has 0 aliphatic carbocycles. The zero-order valence-electron chi connectivity index (χ0n) is 10.7. The van der Waals surface area contributed by atoms with E-state index in [4.69, 9.17) is 0 Å². The lowest BCUT2D eigenvalue weighted by molar-refractivity contribution is 0.664. The van der Waals surface area contributed by atoms with Crippen molar-refractivity contribution < 1.29 is 0 Å². The van der Waals surface area contributed by atoms with Gasteiger partial charge in [-0.15, -0.1) is 0 Å². The summed E-state index contributed by atoms with van der Waals surface area (Å²) in [6.07, 6.45) is 3.40. The van der Waals surface area contributed by atoms with Gasteiger partial charge in [0.2, 0.25) is 0 Å². The maximum absolute atomic E-state index is 4.45. The third kappa shape index (κ3) is 2.32. The molecule has 0 aliphatic rings. The van der Waals surface area contributed by atoms with E-state index in [0.29, 0.717) is 6.54 Å². The Hall–Kier alpha value is -2.27. The van der Waals surface area contributed by atoms with Crippen molar-refractivity contribution in [1.82, 2.24) is 25.1 Å². The van der Waals surface area contributed by atoms with Gasteiger partial charge in [0.25, 0.3) is 0 Å². The molecular formula is C14H15N5. The first-order valence-corrected chi connectivity index (χ1v) is 6.33. The molecule has 1 aromatic carbocycles. The first kappa shape index (κ1) is 11.8. The smallest absolute Gasteiger partial charge is 0.146 e. The van der Waals surface area contributed by atoms with E-state index in [2.05, 4.69) is 33.4 Å². The molecule has 0 amide bonds. The zero-order valence-corrected chi connectivity index (χ0v) is 10.7. The van der Waals surface area contributed by atoms with Gasteiger partial charge in [0, 0.05) is 5.39 Å². The second-order valence-corrected chi connectivity index (χ2v) is 4.25. The lowest BCUT2D eigenvalue weighted by Crippen LogP contribution is -2.16. The molecule has 0 bridgehead atoms. The van der Waals surface area contributed by atoms with Crippen LogP contribution in [0, 0.1) is 0 Å². The highest BCUT2D eigenvalue weighted by Gasteiger charge is 2.07. The fraction of sp³-hybridized carbons (Fsp3) is 0.214. The normalized spacial score (nSPS) is 11.0. The Kier molecular flexibility index (Phi) is 3.20. The highest BCUT2D eigenvalue weighted by molar-refractivity contribution is 5.79. The summed E-state index contributed by atoms with van der Waals surface area (Å²) in [4.78, 5) is 8.72. The first-order chi connectivity index (χ1) is 9.38. The van der Waals surface area contributed by atoms with Crippen LogP contribution in [0.2, 0.25) is 0 Å². The quantitative estimate of drug-likeness (QED) is 0.772. The van der Waals surface area contributed by atoms with Crippen LogP contribution in [0.1, 0.15) is 12.7 Å². The molecule has 3 aromatic rings. The van der Waals surface area contributed by atoms with Gasteiger partial charge < -0.3 is 5.32 Å². The van der Waals surface area contributed by atoms with Crippen LogP contribution < -0.4 is 5.32 Å². The van der Waals surface area contributed by atoms with E-state index in [9.17, 15) is 0 Å². The van der Waals surface area contributed by atoms with Gasteiger partial charge >= 0.3 is 0 Å². The minimum absolute atomic E-state index is 0.698. The lowest BCUT2D eigenvalue weighted by Gasteiger charge is -2.07. The number of hydrogen-bond acceptors (Lipinski definition) is 4. The number of pyridine rings is 1. The highest BCUT2D eigenvalue weighted by Crippen LogP contribution is 2.15. The van der Waals surface area contributed by atoms with Gasteiger partial charge in [0.05, 0.1) is 23.9 Å². The average molecular weight is 253 g/mol. The zero-order chi connectivity index (χ0) is 13.1. The van der Waals surface area contributed by atoms with Crippen LogP contribution in [0.5, 0.6) is 0 Å². The van der Waals surface area contributed by atoms with Crippen molar-refractivity contribution in [3.63, 3.8) is 0 Å². The van der Waals surface area contributed by atoms with Gasteiger partial charge in [-0.25, -0.2) is 9.67 Å². The number of benzene rings is 1. The summed E-state index contributed by atoms with van der Waals surface area (Å²) in [5.41, 5.74) is 1.92. The molecule has 0 aliphatic heterocycles. The first-order valence-electron chi connectivity index (χ1n) is 6.33. The van der Waals surface area contributed by atoms with E-state index >= 15 is 0 Å². The molecule has 2 aromatic heterocycles. The number of rotatable bonds is 4. The number of aromatic nitrogens is 4. The van der Waals surface area contributed by atoms with Crippen molar-refractivity contribution in [3.8, 4) is 5.69 Å². The van der Waals surface area contributed by atoms with Crippen molar-refractivity contribution in [1.29, 1.82) is 0 Å². The minimum atomic E-state index is 0.698. The largest absolute Gasteiger partial charge is 0.310 e. The number of fused-ring (bicyclic) bond motifs is 1. The Bertz CT molecular complexity index is 689. The van der Waals surface area contributed by atoms with Crippen LogP contribution in [-0.2, 0) is 6.54 Å². The van der Waals surface area contributed by atoms with Crippen LogP contribution in [-0.4, -0.2) is 26.3 Å². The third-order valence-electron chi connectivity index (χ3n) is 2.97. The van der Waals surface area contributed by atoms with Gasteiger partial charge in [0.15, 0.2) is 0 Å². The fourth-order valence-electron chi connectivity index (χ4n) is 2.01. The molecule has 0 unspecified atom stereocenters. The number of hydrogen-bond donors (Lipinski definition) is 1. The van der Waals surface area contributed by atoms with Crippen LogP contribution in [0.25, 0.3) is 16.6 Å². The summed E-state index contributed by atoms with van der Waals surface area (Å²) in [7, 11) is 0. The standard InChI is InChI=1S/C14H15N5/c1-2-15-9-14-17-10-18-19(14)12-7-11-5-3-4-6-13(11)16-8-12/h3-8,10,15H,2,9H2,1H3. The predicted molar refractivity (Wildman–Crippen MR) is 74.0 cm³/mol. The van der Waals surface area contributed by atoms with E-state index in [0.717, 1.165) is 29.0 Å². The van der Waals surface area contributed by atoms with E-state index in [1.807, 2.05) is 35.1 Å². The molecular weight excluding hydrogens is 238 g/mol. The van der Waals surface area contributed by atoms with E-state index < -0.39 is 0 Å². The van der Waals surface area contributed by atoms with E-state index in [-0.39, 0.29) is 0 Å². The third-order valence-corrected chi connectivity index (χ3v) is 2.97. The Labute approximate surface area is 111 Å². The molecule has 19 heavy (non-hydrogen) atoms. The van der Waals surface area contributed by atoms with Crippen molar-refractivity contribution >= 4 is 10.9 Å². The Morgan fingerprint density at radius 3 is 3.00 bits per heavy atom. The highest BCUT2D eigenvalue weighted by atomic mass is 15.3. The van der Waals surface area contributed by atoms with E-state index in [1.165, 1.54) is 0 Å². The van der Waals surface area contributed by atoms with Crippen molar-refractivity contribution in [2.24, 2.45) is 0 Å². The maximum Gasteiger partial charge on any atom is 0.146 e. The summed E-state index contributed by atoms with van der Waals surface area (Å²) >= 11 is 0. The molecule has 1 N–H and O–H groups in total. The topological polar surface area (TPSA) is 55.6 Å². The summed E-state index contributed by atoms with van der Waals surface area (Å²) in [6, 6.07) is 10.1. The van der Waals surface area contributed by atoms with Gasteiger partial charge in [-0.1, -0.05) is 25.1 Å². The summed E-state index contributed by atoms with van der Waals surface area (Å²) in [5.74, 6) is 0.888. The van der Waals surface area contributed by atoms with E-state index in [1.54, 1.807) is 6.33 Å². The summed E-state index contributed by atoms with van der Waals surface area (Å²) < 4.78 is 1.82. The molecule has 2 heterocycles. The maximum atomic E-state index is 4.45. The SMILES string of the molecule is CCNCc1ncnn1-c1cnc2ccccc2c1. The molecule has 5 nitrogen and oxygen atoms in total. The molecule has 5 heteroatoms. The molecule has 0 atom stereocenters. The molecule has 3 rings (SSSR count). The Morgan fingerprint density at radius 2 is 2.11 bits per heavy atom. The van der Waals surface area contributed by atoms with Gasteiger partial charge in [-0.2, -0.15) is 5.10 Å². The van der Waals surface area contributed by atoms with Crippen molar-refractivity contribution in [3.05, 3.63) is 48.7 Å². The number of nitrogens with one attached hydrogen (secondary N) is 1. The average Bonchev–Trinajstić information content (AvgIpc) is 2.93. The molecule has 0 radical (unpaired) electrons. The van der Waals surface area contributed by atoms with Crippen LogP contribution in [0.15, 0.2) is 42.9 Å². The van der Waals surface area contributed by atoms with Crippen molar-refractivity contribution in [2.45, 2.75) is 13.5 Å². The second-order valence-electron chi connectivity index (χ2n) is 4.25. The Balaban J connectivity index is 2.01. The lowest BCUT2D eigenvalue weighted by atomic mass is 10.2. The van der Waals surface area contributed by atoms with Crippen LogP contribution in [0.4, 0.5) is 0 Å². The predicted octanol–water partition coefficient (Wildman–Crippen LogP) is 1.92. The monoisotopic (exact) mass is 253 g/mol. The van der Waals surface area contributed by atoms with Crippen LogP contribution in [0.3, 0.4) is 0 Å².